The summed E-state index contributed by atoms with van der Waals surface area (Å²) in [5, 5.41) is 4.33. The summed E-state index contributed by atoms with van der Waals surface area (Å²) in [6.07, 6.45) is 3.35. The van der Waals surface area contributed by atoms with Crippen molar-refractivity contribution in [1.82, 2.24) is 4.98 Å². The number of pyridine rings is 1. The van der Waals surface area contributed by atoms with Gasteiger partial charge in [-0.05, 0) is 18.2 Å². The number of benzene rings is 1. The van der Waals surface area contributed by atoms with Crippen LogP contribution in [0.3, 0.4) is 0 Å². The number of nitrogens with zero attached hydrogens (tertiary/aromatic N) is 1. The summed E-state index contributed by atoms with van der Waals surface area (Å²) >= 11 is 5.10. The van der Waals surface area contributed by atoms with Gasteiger partial charge >= 0.3 is 0 Å². The second-order valence-electron chi connectivity index (χ2n) is 4.36. The van der Waals surface area contributed by atoms with Crippen molar-refractivity contribution in [3.63, 3.8) is 0 Å². The maximum absolute atomic E-state index is 5.78. The molecule has 0 radical (unpaired) electrons. The van der Waals surface area contributed by atoms with E-state index in [-0.39, 0.29) is 0 Å². The zero-order valence-electron chi connectivity index (χ0n) is 10.7. The molecular weight excluding hydrogens is 270 g/mol. The van der Waals surface area contributed by atoms with Crippen LogP contribution in [0.25, 0.3) is 10.9 Å². The van der Waals surface area contributed by atoms with Crippen LogP contribution < -0.4 is 11.1 Å². The summed E-state index contributed by atoms with van der Waals surface area (Å²) in [6.45, 7) is 0.566. The molecule has 0 saturated heterocycles. The Morgan fingerprint density at radius 2 is 2.10 bits per heavy atom. The van der Waals surface area contributed by atoms with Gasteiger partial charge < -0.3 is 15.5 Å². The number of fused-ring (bicyclic) bond motifs is 1. The van der Waals surface area contributed by atoms with Gasteiger partial charge in [0.25, 0.3) is 0 Å². The molecule has 4 nitrogen and oxygen atoms in total. The first-order chi connectivity index (χ1) is 9.75. The molecule has 3 aromatic rings. The largest absolute Gasteiger partial charge is 0.467 e. The number of anilines is 1. The molecule has 0 aliphatic heterocycles. The highest BCUT2D eigenvalue weighted by atomic mass is 32.1. The van der Waals surface area contributed by atoms with Gasteiger partial charge in [0.1, 0.15) is 10.7 Å². The molecule has 0 fully saturated rings. The van der Waals surface area contributed by atoms with Crippen molar-refractivity contribution < 1.29 is 4.42 Å². The second-order valence-corrected chi connectivity index (χ2v) is 4.80. The molecule has 0 saturated carbocycles. The van der Waals surface area contributed by atoms with E-state index < -0.39 is 0 Å². The van der Waals surface area contributed by atoms with E-state index >= 15 is 0 Å². The quantitative estimate of drug-likeness (QED) is 0.720. The molecule has 100 valence electrons. The van der Waals surface area contributed by atoms with E-state index in [2.05, 4.69) is 10.3 Å². The van der Waals surface area contributed by atoms with Crippen molar-refractivity contribution in [3.8, 4) is 0 Å². The van der Waals surface area contributed by atoms with E-state index in [1.807, 2.05) is 36.4 Å². The highest BCUT2D eigenvalue weighted by Crippen LogP contribution is 2.26. The van der Waals surface area contributed by atoms with Crippen LogP contribution in [0.1, 0.15) is 11.3 Å². The van der Waals surface area contributed by atoms with Crippen LogP contribution in [0.4, 0.5) is 5.69 Å². The Morgan fingerprint density at radius 1 is 1.25 bits per heavy atom. The van der Waals surface area contributed by atoms with Crippen LogP contribution in [0.5, 0.6) is 0 Å². The van der Waals surface area contributed by atoms with E-state index in [0.717, 1.165) is 27.9 Å². The lowest BCUT2D eigenvalue weighted by Gasteiger charge is -2.13. The van der Waals surface area contributed by atoms with Crippen molar-refractivity contribution in [2.45, 2.75) is 6.54 Å². The average molecular weight is 283 g/mol. The monoisotopic (exact) mass is 283 g/mol. The predicted octanol–water partition coefficient (Wildman–Crippen LogP) is 3.07. The molecule has 0 aliphatic rings. The van der Waals surface area contributed by atoms with E-state index in [1.54, 1.807) is 12.5 Å². The van der Waals surface area contributed by atoms with Crippen LogP contribution >= 0.6 is 12.2 Å². The Balaban J connectivity index is 2.05. The fourth-order valence-corrected chi connectivity index (χ4v) is 2.26. The third-order valence-electron chi connectivity index (χ3n) is 3.06. The first kappa shape index (κ1) is 12.6. The fraction of sp³-hybridized carbons (Fsp3) is 0.0667. The molecule has 0 unspecified atom stereocenters. The van der Waals surface area contributed by atoms with Crippen molar-refractivity contribution in [2.75, 3.05) is 5.32 Å². The van der Waals surface area contributed by atoms with Crippen LogP contribution in [0.2, 0.25) is 0 Å². The lowest BCUT2D eigenvalue weighted by atomic mass is 10.1. The van der Waals surface area contributed by atoms with E-state index in [4.69, 9.17) is 22.4 Å². The molecule has 20 heavy (non-hydrogen) atoms. The van der Waals surface area contributed by atoms with E-state index in [0.29, 0.717) is 11.5 Å². The number of nitrogens with two attached hydrogens (primary N) is 1. The molecular formula is C15H13N3OS. The van der Waals surface area contributed by atoms with Crippen LogP contribution in [-0.4, -0.2) is 9.97 Å². The number of hydrogen-bond donors (Lipinski definition) is 2. The molecule has 0 spiro atoms. The van der Waals surface area contributed by atoms with Crippen molar-refractivity contribution in [3.05, 3.63) is 60.2 Å². The Labute approximate surface area is 121 Å². The van der Waals surface area contributed by atoms with Gasteiger partial charge in [0.15, 0.2) is 0 Å². The molecule has 1 aromatic carbocycles. The summed E-state index contributed by atoms with van der Waals surface area (Å²) in [5.41, 5.74) is 8.31. The number of furan rings is 1. The van der Waals surface area contributed by atoms with E-state index in [1.165, 1.54) is 0 Å². The predicted molar refractivity (Wildman–Crippen MR) is 83.7 cm³/mol. The molecule has 5 heteroatoms. The molecule has 0 aliphatic carbocycles. The average Bonchev–Trinajstić information content (AvgIpc) is 2.97. The van der Waals surface area contributed by atoms with Crippen molar-refractivity contribution >= 4 is 33.8 Å². The standard InChI is InChI=1S/C15H13N3OS/c16-15(20)12-9-17-13-6-2-1-5-11(13)14(12)18-8-10-4-3-7-19-10/h1-7,9H,8H2,(H2,16,20)(H,17,18). The maximum Gasteiger partial charge on any atom is 0.122 e. The zero-order valence-corrected chi connectivity index (χ0v) is 11.5. The Morgan fingerprint density at radius 3 is 2.85 bits per heavy atom. The summed E-state index contributed by atoms with van der Waals surface area (Å²) in [6, 6.07) is 11.6. The second kappa shape index (κ2) is 5.30. The van der Waals surface area contributed by atoms with E-state index in [9.17, 15) is 0 Å². The number of nitrogens with one attached hydrogen (secondary N) is 1. The number of hydrogen-bond acceptors (Lipinski definition) is 4. The summed E-state index contributed by atoms with van der Waals surface area (Å²) in [4.78, 5) is 4.70. The highest BCUT2D eigenvalue weighted by molar-refractivity contribution is 7.80. The molecule has 3 N–H and O–H groups in total. The smallest absolute Gasteiger partial charge is 0.122 e. The van der Waals surface area contributed by atoms with Gasteiger partial charge in [-0.1, -0.05) is 30.4 Å². The number of rotatable bonds is 4. The number of para-hydroxylation sites is 1. The normalized spacial score (nSPS) is 10.6. The minimum atomic E-state index is 0.324. The first-order valence-corrected chi connectivity index (χ1v) is 6.60. The summed E-state index contributed by atoms with van der Waals surface area (Å²) < 4.78 is 5.33. The third kappa shape index (κ3) is 2.35. The van der Waals surface area contributed by atoms with Gasteiger partial charge in [0.2, 0.25) is 0 Å². The van der Waals surface area contributed by atoms with Gasteiger partial charge in [-0.3, -0.25) is 4.98 Å². The zero-order chi connectivity index (χ0) is 13.9. The van der Waals surface area contributed by atoms with Crippen LogP contribution in [0.15, 0.2) is 53.3 Å². The lowest BCUT2D eigenvalue weighted by molar-refractivity contribution is 0.518. The molecule has 3 rings (SSSR count). The SMILES string of the molecule is NC(=S)c1cnc2ccccc2c1NCc1ccco1. The van der Waals surface area contributed by atoms with Crippen LogP contribution in [-0.2, 0) is 6.54 Å². The van der Waals surface area contributed by atoms with Crippen LogP contribution in [0, 0.1) is 0 Å². The van der Waals surface area contributed by atoms with Gasteiger partial charge in [0, 0.05) is 11.6 Å². The number of aromatic nitrogens is 1. The van der Waals surface area contributed by atoms with Gasteiger partial charge in [0.05, 0.1) is 29.6 Å². The maximum atomic E-state index is 5.78. The molecule has 2 heterocycles. The Hall–Kier alpha value is -2.40. The Kier molecular flexibility index (Phi) is 3.35. The lowest BCUT2D eigenvalue weighted by Crippen LogP contribution is -2.14. The fourth-order valence-electron chi connectivity index (χ4n) is 2.11. The van der Waals surface area contributed by atoms with Crippen molar-refractivity contribution in [2.24, 2.45) is 5.73 Å². The number of thiocarbonyl (C=S) groups is 1. The molecule has 0 bridgehead atoms. The molecule has 0 amide bonds. The summed E-state index contributed by atoms with van der Waals surface area (Å²) in [5.74, 6) is 0.847. The Bertz CT molecular complexity index is 753. The van der Waals surface area contributed by atoms with Gasteiger partial charge in [-0.2, -0.15) is 0 Å². The van der Waals surface area contributed by atoms with Gasteiger partial charge in [-0.15, -0.1) is 0 Å². The van der Waals surface area contributed by atoms with Gasteiger partial charge in [-0.25, -0.2) is 0 Å². The topological polar surface area (TPSA) is 64.1 Å². The third-order valence-corrected chi connectivity index (χ3v) is 3.28. The highest BCUT2D eigenvalue weighted by Gasteiger charge is 2.11. The molecule has 2 aromatic heterocycles. The molecule has 0 atom stereocenters. The van der Waals surface area contributed by atoms with Crippen molar-refractivity contribution in [1.29, 1.82) is 0 Å². The minimum absolute atomic E-state index is 0.324. The minimum Gasteiger partial charge on any atom is -0.467 e. The first-order valence-electron chi connectivity index (χ1n) is 6.19. The summed E-state index contributed by atoms with van der Waals surface area (Å²) in [7, 11) is 0.